The molecule has 0 unspecified atom stereocenters. The predicted molar refractivity (Wildman–Crippen MR) is 17.4 cm³/mol. The van der Waals surface area contributed by atoms with Gasteiger partial charge in [0.15, 0.2) is 0 Å². The molecule has 0 aromatic rings. The molecular weight excluding hydrogens is 111 g/mol. The molecule has 0 aromatic carbocycles. The van der Waals surface area contributed by atoms with Gasteiger partial charge in [-0.1, -0.05) is 6.92 Å². The molecule has 1 nitrogen and oxygen atoms in total. The number of hydrogen-bond acceptors (Lipinski definition) is 1. The third-order valence-corrected chi connectivity index (χ3v) is 0.224. The molecule has 0 spiro atoms. The van der Waals surface area contributed by atoms with E-state index in [4.69, 9.17) is 5.11 Å². The van der Waals surface area contributed by atoms with Gasteiger partial charge in [0.2, 0.25) is 0 Å². The van der Waals surface area contributed by atoms with Crippen molar-refractivity contribution in [1.29, 1.82) is 0 Å². The molecule has 0 fully saturated rings. The van der Waals surface area contributed by atoms with Gasteiger partial charge in [0.05, 0.1) is 0 Å². The van der Waals surface area contributed by atoms with E-state index in [1.807, 2.05) is 6.92 Å². The van der Waals surface area contributed by atoms with Crippen LogP contribution in [0.5, 0.6) is 0 Å². The fourth-order valence-corrected chi connectivity index (χ4v) is 0. The van der Waals surface area contributed by atoms with Crippen LogP contribution in [0.1, 0.15) is 13.3 Å². The third-order valence-electron chi connectivity index (χ3n) is 0.224. The molecule has 0 aliphatic carbocycles. The van der Waals surface area contributed by atoms with Crippen LogP contribution in [0.3, 0.4) is 0 Å². The molecule has 5 heavy (non-hydrogen) atoms. The van der Waals surface area contributed by atoms with Gasteiger partial charge in [0.1, 0.15) is 0 Å². The van der Waals surface area contributed by atoms with E-state index in [0.717, 1.165) is 6.42 Å². The van der Waals surface area contributed by atoms with E-state index in [2.05, 4.69) is 0 Å². The molecule has 0 aliphatic heterocycles. The molecule has 36 valence electrons. The second-order valence-corrected chi connectivity index (χ2v) is 0.724. The smallest absolute Gasteiger partial charge is 0.0428 e. The molecule has 0 amide bonds. The molecule has 0 heterocycles. The van der Waals surface area contributed by atoms with E-state index < -0.39 is 0 Å². The molecule has 0 saturated heterocycles. The number of rotatable bonds is 1. The zero-order valence-electron chi connectivity index (χ0n) is 3.18. The summed E-state index contributed by atoms with van der Waals surface area (Å²) >= 11 is 0. The molecule has 2 heteroatoms. The van der Waals surface area contributed by atoms with Crippen molar-refractivity contribution in [3.05, 3.63) is 0 Å². The summed E-state index contributed by atoms with van der Waals surface area (Å²) in [6.07, 6.45) is 0.875. The summed E-state index contributed by atoms with van der Waals surface area (Å²) in [5, 5.41) is 7.88. The van der Waals surface area contributed by atoms with E-state index in [-0.39, 0.29) is 16.5 Å². The van der Waals surface area contributed by atoms with Gasteiger partial charge in [-0.15, -0.1) is 0 Å². The Balaban J connectivity index is 0. The topological polar surface area (TPSA) is 20.2 Å². The molecule has 1 N–H and O–H groups in total. The van der Waals surface area contributed by atoms with Gasteiger partial charge in [0, 0.05) is 23.1 Å². The molecular formula is C3H8NiO. The van der Waals surface area contributed by atoms with Crippen LogP contribution in [0.25, 0.3) is 0 Å². The fraction of sp³-hybridized carbons (Fsp3) is 1.00. The first-order valence-corrected chi connectivity index (χ1v) is 1.52. The van der Waals surface area contributed by atoms with Crippen molar-refractivity contribution in [3.63, 3.8) is 0 Å². The summed E-state index contributed by atoms with van der Waals surface area (Å²) in [7, 11) is 0. The Morgan fingerprint density at radius 3 is 1.80 bits per heavy atom. The number of aliphatic hydroxyl groups excluding tert-OH is 1. The molecule has 0 saturated carbocycles. The van der Waals surface area contributed by atoms with E-state index in [9.17, 15) is 0 Å². The van der Waals surface area contributed by atoms with E-state index in [1.54, 1.807) is 0 Å². The van der Waals surface area contributed by atoms with Crippen LogP contribution in [-0.4, -0.2) is 11.7 Å². The Bertz CT molecular complexity index is 8.85. The molecule has 0 atom stereocenters. The van der Waals surface area contributed by atoms with Crippen molar-refractivity contribution in [1.82, 2.24) is 0 Å². The van der Waals surface area contributed by atoms with Crippen LogP contribution in [0.4, 0.5) is 0 Å². The standard InChI is InChI=1S/C3H8O.Ni/c1-2-3-4;/h4H,2-3H2,1H3;. The SMILES string of the molecule is CCCO.[Ni]. The van der Waals surface area contributed by atoms with Gasteiger partial charge in [-0.25, -0.2) is 0 Å². The Morgan fingerprint density at radius 2 is 1.80 bits per heavy atom. The van der Waals surface area contributed by atoms with Crippen LogP contribution in [-0.2, 0) is 16.5 Å². The van der Waals surface area contributed by atoms with Crippen molar-refractivity contribution < 1.29 is 21.6 Å². The maximum Gasteiger partial charge on any atom is 0.0428 e. The van der Waals surface area contributed by atoms with E-state index in [1.165, 1.54) is 0 Å². The van der Waals surface area contributed by atoms with Crippen molar-refractivity contribution >= 4 is 0 Å². The van der Waals surface area contributed by atoms with Gasteiger partial charge in [-0.05, 0) is 6.42 Å². The summed E-state index contributed by atoms with van der Waals surface area (Å²) in [5.74, 6) is 0. The monoisotopic (exact) mass is 118 g/mol. The summed E-state index contributed by atoms with van der Waals surface area (Å²) < 4.78 is 0. The molecule has 0 bridgehead atoms. The van der Waals surface area contributed by atoms with Crippen LogP contribution >= 0.6 is 0 Å². The molecule has 0 aliphatic rings. The predicted octanol–water partition coefficient (Wildman–Crippen LogP) is 0.386. The molecule has 0 rings (SSSR count). The van der Waals surface area contributed by atoms with E-state index in [0.29, 0.717) is 6.61 Å². The average molecular weight is 119 g/mol. The van der Waals surface area contributed by atoms with Crippen molar-refractivity contribution in [2.24, 2.45) is 0 Å². The first-order valence-electron chi connectivity index (χ1n) is 1.52. The number of aliphatic hydroxyl groups is 1. The van der Waals surface area contributed by atoms with Gasteiger partial charge in [0.25, 0.3) is 0 Å². The maximum absolute atomic E-state index is 7.88. The summed E-state index contributed by atoms with van der Waals surface area (Å²) in [4.78, 5) is 0. The van der Waals surface area contributed by atoms with Gasteiger partial charge >= 0.3 is 0 Å². The summed E-state index contributed by atoms with van der Waals surface area (Å²) in [6.45, 7) is 2.25. The average Bonchev–Trinajstić information content (AvgIpc) is 1.37. The van der Waals surface area contributed by atoms with Gasteiger partial charge in [-0.3, -0.25) is 0 Å². The largest absolute Gasteiger partial charge is 0.396 e. The molecule has 0 aromatic heterocycles. The zero-order valence-corrected chi connectivity index (χ0v) is 4.17. The van der Waals surface area contributed by atoms with Crippen LogP contribution in [0.15, 0.2) is 0 Å². The quantitative estimate of drug-likeness (QED) is 0.494. The Morgan fingerprint density at radius 1 is 1.60 bits per heavy atom. The first kappa shape index (κ1) is 9.07. The van der Waals surface area contributed by atoms with Crippen molar-refractivity contribution in [2.75, 3.05) is 6.61 Å². The Labute approximate surface area is 42.3 Å². The summed E-state index contributed by atoms with van der Waals surface area (Å²) in [6, 6.07) is 0. The summed E-state index contributed by atoms with van der Waals surface area (Å²) in [5.41, 5.74) is 0. The normalized spacial score (nSPS) is 6.00. The molecule has 0 radical (unpaired) electrons. The Kier molecular flexibility index (Phi) is 16.0. The van der Waals surface area contributed by atoms with Crippen LogP contribution < -0.4 is 0 Å². The zero-order chi connectivity index (χ0) is 3.41. The maximum atomic E-state index is 7.88. The Hall–Kier alpha value is 0.454. The number of hydrogen-bond donors (Lipinski definition) is 1. The van der Waals surface area contributed by atoms with Gasteiger partial charge in [-0.2, -0.15) is 0 Å². The second kappa shape index (κ2) is 8.82. The van der Waals surface area contributed by atoms with E-state index >= 15 is 0 Å². The first-order chi connectivity index (χ1) is 1.91. The van der Waals surface area contributed by atoms with Gasteiger partial charge < -0.3 is 5.11 Å². The third kappa shape index (κ3) is 12.7. The second-order valence-electron chi connectivity index (χ2n) is 0.724. The van der Waals surface area contributed by atoms with Crippen molar-refractivity contribution in [3.8, 4) is 0 Å². The van der Waals surface area contributed by atoms with Crippen LogP contribution in [0, 0.1) is 0 Å². The van der Waals surface area contributed by atoms with Crippen molar-refractivity contribution in [2.45, 2.75) is 13.3 Å². The van der Waals surface area contributed by atoms with Crippen LogP contribution in [0.2, 0.25) is 0 Å². The fourth-order valence-electron chi connectivity index (χ4n) is 0. The minimum absolute atomic E-state index is 0. The minimum Gasteiger partial charge on any atom is -0.396 e. The minimum atomic E-state index is 0.